The second kappa shape index (κ2) is 5.46. The number of halogens is 2. The highest BCUT2D eigenvalue weighted by atomic mass is 79.9. The molecule has 0 N–H and O–H groups in total. The summed E-state index contributed by atoms with van der Waals surface area (Å²) >= 11 is 6.71. The maximum atomic E-state index is 12.4. The molecule has 100 valence electrons. The molecule has 0 aliphatic heterocycles. The standard InChI is InChI=1S/C14H9Br2N3O/c15-9-2-4-12-13(5-9)18-8-19(14(12)20)7-11-3-1-10(16)6-17-11/h1-6,8H,7H2. The molecular weight excluding hydrogens is 386 g/mol. The van der Waals surface area contributed by atoms with Crippen LogP contribution in [0.25, 0.3) is 10.9 Å². The van der Waals surface area contributed by atoms with Crippen molar-refractivity contribution in [2.45, 2.75) is 6.54 Å². The highest BCUT2D eigenvalue weighted by molar-refractivity contribution is 9.10. The number of hydrogen-bond acceptors (Lipinski definition) is 3. The van der Waals surface area contributed by atoms with Gasteiger partial charge in [0.1, 0.15) is 0 Å². The number of pyridine rings is 1. The molecule has 0 fully saturated rings. The lowest BCUT2D eigenvalue weighted by atomic mass is 10.2. The molecule has 0 saturated heterocycles. The van der Waals surface area contributed by atoms with Crippen molar-refractivity contribution < 1.29 is 0 Å². The van der Waals surface area contributed by atoms with Crippen LogP contribution in [0.3, 0.4) is 0 Å². The molecule has 3 rings (SSSR count). The van der Waals surface area contributed by atoms with Crippen LogP contribution >= 0.6 is 31.9 Å². The normalized spacial score (nSPS) is 10.9. The van der Waals surface area contributed by atoms with E-state index in [0.717, 1.165) is 14.6 Å². The van der Waals surface area contributed by atoms with Crippen LogP contribution in [-0.4, -0.2) is 14.5 Å². The minimum absolute atomic E-state index is 0.0628. The first kappa shape index (κ1) is 13.5. The second-order valence-electron chi connectivity index (χ2n) is 4.31. The van der Waals surface area contributed by atoms with Gasteiger partial charge in [-0.15, -0.1) is 0 Å². The van der Waals surface area contributed by atoms with Gasteiger partial charge in [-0.25, -0.2) is 4.98 Å². The highest BCUT2D eigenvalue weighted by Crippen LogP contribution is 2.15. The number of hydrogen-bond donors (Lipinski definition) is 0. The van der Waals surface area contributed by atoms with Crippen LogP contribution in [-0.2, 0) is 6.54 Å². The van der Waals surface area contributed by atoms with Gasteiger partial charge in [-0.3, -0.25) is 14.3 Å². The molecular formula is C14H9Br2N3O. The van der Waals surface area contributed by atoms with Crippen molar-refractivity contribution in [3.8, 4) is 0 Å². The van der Waals surface area contributed by atoms with Gasteiger partial charge in [-0.05, 0) is 46.3 Å². The fourth-order valence-electron chi connectivity index (χ4n) is 1.92. The molecule has 0 aliphatic carbocycles. The molecule has 0 radical (unpaired) electrons. The van der Waals surface area contributed by atoms with Gasteiger partial charge in [0.2, 0.25) is 0 Å². The molecule has 0 bridgehead atoms. The van der Waals surface area contributed by atoms with Gasteiger partial charge < -0.3 is 0 Å². The third-order valence-electron chi connectivity index (χ3n) is 2.91. The molecule has 0 saturated carbocycles. The van der Waals surface area contributed by atoms with Crippen molar-refractivity contribution in [1.82, 2.24) is 14.5 Å². The van der Waals surface area contributed by atoms with Crippen molar-refractivity contribution in [1.29, 1.82) is 0 Å². The van der Waals surface area contributed by atoms with Gasteiger partial charge in [0.25, 0.3) is 5.56 Å². The van der Waals surface area contributed by atoms with Crippen molar-refractivity contribution in [2.24, 2.45) is 0 Å². The summed E-state index contributed by atoms with van der Waals surface area (Å²) < 4.78 is 3.38. The summed E-state index contributed by atoms with van der Waals surface area (Å²) in [5.41, 5.74) is 1.44. The Morgan fingerprint density at radius 3 is 2.60 bits per heavy atom. The van der Waals surface area contributed by atoms with Crippen LogP contribution in [0, 0.1) is 0 Å². The molecule has 1 aromatic carbocycles. The van der Waals surface area contributed by atoms with Gasteiger partial charge in [-0.2, -0.15) is 0 Å². The molecule has 0 spiro atoms. The molecule has 3 aromatic rings. The monoisotopic (exact) mass is 393 g/mol. The number of aromatic nitrogens is 3. The molecule has 0 atom stereocenters. The lowest BCUT2D eigenvalue weighted by molar-refractivity contribution is 0.729. The highest BCUT2D eigenvalue weighted by Gasteiger charge is 2.05. The van der Waals surface area contributed by atoms with E-state index in [2.05, 4.69) is 41.8 Å². The first-order valence-corrected chi connectivity index (χ1v) is 7.47. The Bertz CT molecular complexity index is 828. The van der Waals surface area contributed by atoms with Crippen LogP contribution in [0.5, 0.6) is 0 Å². The van der Waals surface area contributed by atoms with Gasteiger partial charge in [0, 0.05) is 15.1 Å². The minimum Gasteiger partial charge on any atom is -0.293 e. The summed E-state index contributed by atoms with van der Waals surface area (Å²) in [6.45, 7) is 0.408. The zero-order valence-corrected chi connectivity index (χ0v) is 13.4. The Labute approximate surface area is 131 Å². The van der Waals surface area contributed by atoms with Gasteiger partial charge in [0.05, 0.1) is 29.5 Å². The first-order chi connectivity index (χ1) is 9.63. The van der Waals surface area contributed by atoms with E-state index in [9.17, 15) is 4.79 Å². The first-order valence-electron chi connectivity index (χ1n) is 5.88. The summed E-state index contributed by atoms with van der Waals surface area (Å²) in [6.07, 6.45) is 3.27. The molecule has 4 nitrogen and oxygen atoms in total. The zero-order valence-electron chi connectivity index (χ0n) is 10.3. The largest absolute Gasteiger partial charge is 0.293 e. The lowest BCUT2D eigenvalue weighted by Crippen LogP contribution is -2.21. The molecule has 6 heteroatoms. The summed E-state index contributed by atoms with van der Waals surface area (Å²) in [5, 5.41) is 0.604. The van der Waals surface area contributed by atoms with Crippen LogP contribution in [0.4, 0.5) is 0 Å². The molecule has 2 aromatic heterocycles. The van der Waals surface area contributed by atoms with E-state index in [1.54, 1.807) is 23.2 Å². The van der Waals surface area contributed by atoms with E-state index in [0.29, 0.717) is 17.4 Å². The Kier molecular flexibility index (Phi) is 3.67. The Morgan fingerprint density at radius 2 is 1.85 bits per heavy atom. The van der Waals surface area contributed by atoms with E-state index in [4.69, 9.17) is 0 Å². The SMILES string of the molecule is O=c1c2ccc(Br)cc2ncn1Cc1ccc(Br)cn1. The van der Waals surface area contributed by atoms with Crippen LogP contribution < -0.4 is 5.56 Å². The average Bonchev–Trinajstić information content (AvgIpc) is 2.44. The maximum absolute atomic E-state index is 12.4. The number of fused-ring (bicyclic) bond motifs is 1. The predicted molar refractivity (Wildman–Crippen MR) is 84.7 cm³/mol. The van der Waals surface area contributed by atoms with Crippen LogP contribution in [0.1, 0.15) is 5.69 Å². The third-order valence-corrected chi connectivity index (χ3v) is 3.87. The summed E-state index contributed by atoms with van der Waals surface area (Å²) in [5.74, 6) is 0. The fraction of sp³-hybridized carbons (Fsp3) is 0.0714. The van der Waals surface area contributed by atoms with E-state index < -0.39 is 0 Å². The third kappa shape index (κ3) is 2.66. The summed E-state index contributed by atoms with van der Waals surface area (Å²) in [6, 6.07) is 9.23. The zero-order chi connectivity index (χ0) is 14.1. The molecule has 2 heterocycles. The second-order valence-corrected chi connectivity index (χ2v) is 6.14. The molecule has 0 unspecified atom stereocenters. The van der Waals surface area contributed by atoms with Gasteiger partial charge in [0.15, 0.2) is 0 Å². The van der Waals surface area contributed by atoms with Crippen molar-refractivity contribution >= 4 is 42.8 Å². The van der Waals surface area contributed by atoms with Crippen molar-refractivity contribution in [3.63, 3.8) is 0 Å². The molecule has 0 aliphatic rings. The Hall–Kier alpha value is -1.53. The van der Waals surface area contributed by atoms with Crippen LogP contribution in [0.2, 0.25) is 0 Å². The summed E-state index contributed by atoms with van der Waals surface area (Å²) in [7, 11) is 0. The number of nitrogens with zero attached hydrogens (tertiary/aromatic N) is 3. The van der Waals surface area contributed by atoms with Gasteiger partial charge in [-0.1, -0.05) is 15.9 Å². The number of rotatable bonds is 2. The van der Waals surface area contributed by atoms with E-state index in [1.807, 2.05) is 24.3 Å². The van der Waals surface area contributed by atoms with E-state index in [1.165, 1.54) is 0 Å². The summed E-state index contributed by atoms with van der Waals surface area (Å²) in [4.78, 5) is 21.0. The van der Waals surface area contributed by atoms with Gasteiger partial charge >= 0.3 is 0 Å². The Balaban J connectivity index is 2.04. The lowest BCUT2D eigenvalue weighted by Gasteiger charge is -2.06. The number of benzene rings is 1. The Morgan fingerprint density at radius 1 is 1.05 bits per heavy atom. The predicted octanol–water partition coefficient (Wildman–Crippen LogP) is 3.36. The average molecular weight is 395 g/mol. The smallest absolute Gasteiger partial charge is 0.261 e. The van der Waals surface area contributed by atoms with E-state index >= 15 is 0 Å². The molecule has 0 amide bonds. The quantitative estimate of drug-likeness (QED) is 0.669. The fourth-order valence-corrected chi connectivity index (χ4v) is 2.50. The molecule has 20 heavy (non-hydrogen) atoms. The van der Waals surface area contributed by atoms with E-state index in [-0.39, 0.29) is 5.56 Å². The maximum Gasteiger partial charge on any atom is 0.261 e. The van der Waals surface area contributed by atoms with Crippen molar-refractivity contribution in [2.75, 3.05) is 0 Å². The van der Waals surface area contributed by atoms with Crippen LogP contribution in [0.15, 0.2) is 56.6 Å². The van der Waals surface area contributed by atoms with Crippen molar-refractivity contribution in [3.05, 3.63) is 67.8 Å². The minimum atomic E-state index is -0.0628. The topological polar surface area (TPSA) is 47.8 Å².